The highest BCUT2D eigenvalue weighted by atomic mass is 19.1. The summed E-state index contributed by atoms with van der Waals surface area (Å²) >= 11 is 0. The molecule has 0 radical (unpaired) electrons. The standard InChI is InChI=1S/C16H15F2NO2/c1-3-21-15-7-4-11(8-10(15)2)16(20)19-14-9-12(17)5-6-13(14)18/h4-9H,3H2,1-2H3,(H,19,20). The van der Waals surface area contributed by atoms with Crippen LogP contribution in [0.4, 0.5) is 14.5 Å². The highest BCUT2D eigenvalue weighted by Crippen LogP contribution is 2.21. The highest BCUT2D eigenvalue weighted by molar-refractivity contribution is 6.04. The van der Waals surface area contributed by atoms with E-state index >= 15 is 0 Å². The molecule has 21 heavy (non-hydrogen) atoms. The van der Waals surface area contributed by atoms with E-state index in [1.807, 2.05) is 13.8 Å². The molecular weight excluding hydrogens is 276 g/mol. The topological polar surface area (TPSA) is 38.3 Å². The molecule has 0 heterocycles. The van der Waals surface area contributed by atoms with Crippen LogP contribution in [0.25, 0.3) is 0 Å². The van der Waals surface area contributed by atoms with Gasteiger partial charge < -0.3 is 10.1 Å². The van der Waals surface area contributed by atoms with Crippen LogP contribution in [0.15, 0.2) is 36.4 Å². The monoisotopic (exact) mass is 291 g/mol. The number of hydrogen-bond acceptors (Lipinski definition) is 2. The summed E-state index contributed by atoms with van der Waals surface area (Å²) in [7, 11) is 0. The van der Waals surface area contributed by atoms with Gasteiger partial charge in [0.05, 0.1) is 12.3 Å². The zero-order valence-electron chi connectivity index (χ0n) is 11.7. The number of rotatable bonds is 4. The number of benzene rings is 2. The minimum atomic E-state index is -0.688. The second-order valence-corrected chi connectivity index (χ2v) is 4.49. The van der Waals surface area contributed by atoms with Gasteiger partial charge in [-0.1, -0.05) is 0 Å². The highest BCUT2D eigenvalue weighted by Gasteiger charge is 2.11. The number of nitrogens with one attached hydrogen (secondary N) is 1. The lowest BCUT2D eigenvalue weighted by molar-refractivity contribution is 0.102. The third-order valence-corrected chi connectivity index (χ3v) is 2.91. The number of carbonyl (C=O) groups excluding carboxylic acids is 1. The van der Waals surface area contributed by atoms with Crippen molar-refractivity contribution in [3.63, 3.8) is 0 Å². The van der Waals surface area contributed by atoms with Crippen LogP contribution in [-0.2, 0) is 0 Å². The first kappa shape index (κ1) is 15.0. The summed E-state index contributed by atoms with van der Waals surface area (Å²) in [5.74, 6) is -1.13. The van der Waals surface area contributed by atoms with Gasteiger partial charge in [0.25, 0.3) is 5.91 Å². The zero-order chi connectivity index (χ0) is 15.4. The predicted octanol–water partition coefficient (Wildman–Crippen LogP) is 3.92. The molecule has 2 aromatic rings. The number of anilines is 1. The molecule has 0 saturated heterocycles. The Balaban J connectivity index is 2.20. The maximum absolute atomic E-state index is 13.5. The molecule has 0 atom stereocenters. The smallest absolute Gasteiger partial charge is 0.255 e. The van der Waals surface area contributed by atoms with Crippen molar-refractivity contribution in [1.82, 2.24) is 0 Å². The second kappa shape index (κ2) is 6.35. The Bertz CT molecular complexity index is 671. The van der Waals surface area contributed by atoms with Crippen molar-refractivity contribution in [3.8, 4) is 5.75 Å². The molecule has 0 unspecified atom stereocenters. The lowest BCUT2D eigenvalue weighted by atomic mass is 10.1. The van der Waals surface area contributed by atoms with Gasteiger partial charge in [-0.2, -0.15) is 0 Å². The first-order chi connectivity index (χ1) is 10.0. The molecule has 0 aliphatic heterocycles. The molecule has 1 amide bonds. The molecule has 110 valence electrons. The van der Waals surface area contributed by atoms with E-state index in [1.165, 1.54) is 0 Å². The molecule has 0 saturated carbocycles. The predicted molar refractivity (Wildman–Crippen MR) is 76.7 cm³/mol. The summed E-state index contributed by atoms with van der Waals surface area (Å²) < 4.78 is 31.9. The average molecular weight is 291 g/mol. The molecular formula is C16H15F2NO2. The van der Waals surface area contributed by atoms with Crippen molar-refractivity contribution in [2.24, 2.45) is 0 Å². The van der Waals surface area contributed by atoms with Crippen LogP contribution in [-0.4, -0.2) is 12.5 Å². The van der Waals surface area contributed by atoms with Gasteiger partial charge in [0, 0.05) is 11.6 Å². The Labute approximate surface area is 121 Å². The van der Waals surface area contributed by atoms with E-state index in [0.29, 0.717) is 17.9 Å². The maximum atomic E-state index is 13.5. The molecule has 2 rings (SSSR count). The molecule has 1 N–H and O–H groups in total. The van der Waals surface area contributed by atoms with Crippen LogP contribution in [0.1, 0.15) is 22.8 Å². The fourth-order valence-electron chi connectivity index (χ4n) is 1.90. The first-order valence-corrected chi connectivity index (χ1v) is 6.51. The third kappa shape index (κ3) is 3.56. The fraction of sp³-hybridized carbons (Fsp3) is 0.188. The van der Waals surface area contributed by atoms with Crippen LogP contribution in [0.5, 0.6) is 5.75 Å². The summed E-state index contributed by atoms with van der Waals surface area (Å²) in [4.78, 5) is 12.1. The number of carbonyl (C=O) groups is 1. The summed E-state index contributed by atoms with van der Waals surface area (Å²) in [5, 5.41) is 2.35. The van der Waals surface area contributed by atoms with E-state index in [4.69, 9.17) is 4.74 Å². The normalized spacial score (nSPS) is 10.3. The molecule has 0 spiro atoms. The van der Waals surface area contributed by atoms with E-state index in [1.54, 1.807) is 18.2 Å². The van der Waals surface area contributed by atoms with Gasteiger partial charge in [0.1, 0.15) is 17.4 Å². The summed E-state index contributed by atoms with van der Waals surface area (Å²) in [6.45, 7) is 4.21. The first-order valence-electron chi connectivity index (χ1n) is 6.51. The van der Waals surface area contributed by atoms with Gasteiger partial charge in [-0.05, 0) is 49.7 Å². The molecule has 5 heteroatoms. The van der Waals surface area contributed by atoms with Gasteiger partial charge in [-0.3, -0.25) is 4.79 Å². The zero-order valence-corrected chi connectivity index (χ0v) is 11.7. The van der Waals surface area contributed by atoms with Crippen LogP contribution < -0.4 is 10.1 Å². The van der Waals surface area contributed by atoms with Gasteiger partial charge in [-0.15, -0.1) is 0 Å². The molecule has 3 nitrogen and oxygen atoms in total. The van der Waals surface area contributed by atoms with E-state index in [-0.39, 0.29) is 5.69 Å². The van der Waals surface area contributed by atoms with Gasteiger partial charge in [-0.25, -0.2) is 8.78 Å². The van der Waals surface area contributed by atoms with E-state index in [2.05, 4.69) is 5.32 Å². The molecule has 0 fully saturated rings. The average Bonchev–Trinajstić information content (AvgIpc) is 2.45. The van der Waals surface area contributed by atoms with Crippen molar-refractivity contribution in [1.29, 1.82) is 0 Å². The number of amides is 1. The third-order valence-electron chi connectivity index (χ3n) is 2.91. The van der Waals surface area contributed by atoms with Crippen LogP contribution >= 0.6 is 0 Å². The molecule has 2 aromatic carbocycles. The number of ether oxygens (including phenoxy) is 1. The van der Waals surface area contributed by atoms with Crippen molar-refractivity contribution >= 4 is 11.6 Å². The number of hydrogen-bond donors (Lipinski definition) is 1. The largest absolute Gasteiger partial charge is 0.494 e. The van der Waals surface area contributed by atoms with Gasteiger partial charge >= 0.3 is 0 Å². The fourth-order valence-corrected chi connectivity index (χ4v) is 1.90. The molecule has 0 bridgehead atoms. The Morgan fingerprint density at radius 3 is 2.62 bits per heavy atom. The van der Waals surface area contributed by atoms with Crippen LogP contribution in [0.3, 0.4) is 0 Å². The van der Waals surface area contributed by atoms with Crippen LogP contribution in [0.2, 0.25) is 0 Å². The van der Waals surface area contributed by atoms with E-state index < -0.39 is 17.5 Å². The molecule has 0 aliphatic carbocycles. The summed E-state index contributed by atoms with van der Waals surface area (Å²) in [6, 6.07) is 7.78. The molecule has 0 aliphatic rings. The van der Waals surface area contributed by atoms with E-state index in [0.717, 1.165) is 23.8 Å². The van der Waals surface area contributed by atoms with Gasteiger partial charge in [0.2, 0.25) is 0 Å². The van der Waals surface area contributed by atoms with E-state index in [9.17, 15) is 13.6 Å². The Morgan fingerprint density at radius 2 is 1.95 bits per heavy atom. The Morgan fingerprint density at radius 1 is 1.19 bits per heavy atom. The Hall–Kier alpha value is -2.43. The lowest BCUT2D eigenvalue weighted by Crippen LogP contribution is -2.13. The SMILES string of the molecule is CCOc1ccc(C(=O)Nc2cc(F)ccc2F)cc1C. The molecule has 0 aromatic heterocycles. The van der Waals surface area contributed by atoms with Crippen molar-refractivity contribution in [3.05, 3.63) is 59.2 Å². The lowest BCUT2D eigenvalue weighted by Gasteiger charge is -2.10. The van der Waals surface area contributed by atoms with Gasteiger partial charge in [0.15, 0.2) is 0 Å². The summed E-state index contributed by atoms with van der Waals surface area (Å²) in [6.07, 6.45) is 0. The number of halogens is 2. The maximum Gasteiger partial charge on any atom is 0.255 e. The second-order valence-electron chi connectivity index (χ2n) is 4.49. The van der Waals surface area contributed by atoms with Crippen molar-refractivity contribution in [2.75, 3.05) is 11.9 Å². The summed E-state index contributed by atoms with van der Waals surface area (Å²) in [5.41, 5.74) is 0.954. The quantitative estimate of drug-likeness (QED) is 0.927. The number of aryl methyl sites for hydroxylation is 1. The minimum Gasteiger partial charge on any atom is -0.494 e. The Kier molecular flexibility index (Phi) is 4.52. The van der Waals surface area contributed by atoms with Crippen molar-refractivity contribution < 1.29 is 18.3 Å². The van der Waals surface area contributed by atoms with Crippen LogP contribution in [0, 0.1) is 18.6 Å². The minimum absolute atomic E-state index is 0.188. The van der Waals surface area contributed by atoms with Crippen molar-refractivity contribution in [2.45, 2.75) is 13.8 Å².